The van der Waals surface area contributed by atoms with Gasteiger partial charge in [-0.15, -0.1) is 0 Å². The summed E-state index contributed by atoms with van der Waals surface area (Å²) >= 11 is 7.78. The summed E-state index contributed by atoms with van der Waals surface area (Å²) in [6.07, 6.45) is -0.723. The van der Waals surface area contributed by atoms with Crippen molar-refractivity contribution < 1.29 is 14.3 Å². The lowest BCUT2D eigenvalue weighted by atomic mass is 10.2. The molecule has 0 N–H and O–H groups in total. The number of anilines is 1. The van der Waals surface area contributed by atoms with E-state index >= 15 is 0 Å². The van der Waals surface area contributed by atoms with Gasteiger partial charge < -0.3 is 14.4 Å². The number of thiazole rings is 1. The molecule has 0 saturated carbocycles. The summed E-state index contributed by atoms with van der Waals surface area (Å²) in [6, 6.07) is 13.1. The zero-order chi connectivity index (χ0) is 21.1. The fourth-order valence-corrected chi connectivity index (χ4v) is 4.71. The minimum atomic E-state index is -0.723. The highest BCUT2D eigenvalue weighted by Crippen LogP contribution is 2.35. The average molecular weight is 446 g/mol. The van der Waals surface area contributed by atoms with Crippen LogP contribution in [0.5, 0.6) is 11.5 Å². The van der Waals surface area contributed by atoms with Gasteiger partial charge in [-0.2, -0.15) is 0 Å². The third kappa shape index (κ3) is 4.24. The van der Waals surface area contributed by atoms with Crippen LogP contribution in [0.4, 0.5) is 5.13 Å². The van der Waals surface area contributed by atoms with Crippen LogP contribution in [-0.4, -0.2) is 54.7 Å². The number of halogens is 1. The van der Waals surface area contributed by atoms with Gasteiger partial charge in [-0.1, -0.05) is 55.0 Å². The zero-order valence-corrected chi connectivity index (χ0v) is 18.6. The molecule has 8 heteroatoms. The fraction of sp³-hybridized carbons (Fsp3) is 0.364. The predicted molar refractivity (Wildman–Crippen MR) is 121 cm³/mol. The van der Waals surface area contributed by atoms with Gasteiger partial charge in [-0.25, -0.2) is 4.98 Å². The van der Waals surface area contributed by atoms with Gasteiger partial charge in [0.25, 0.3) is 5.91 Å². The number of carbonyl (C=O) groups is 1. The Bertz CT molecular complexity index is 1040. The Morgan fingerprint density at radius 1 is 1.13 bits per heavy atom. The lowest BCUT2D eigenvalue weighted by Gasteiger charge is -2.30. The van der Waals surface area contributed by atoms with Crippen molar-refractivity contribution in [1.82, 2.24) is 9.88 Å². The number of aromatic nitrogens is 1. The molecule has 1 aliphatic heterocycles. The Kier molecular flexibility index (Phi) is 6.41. The van der Waals surface area contributed by atoms with Crippen LogP contribution in [0.2, 0.25) is 5.02 Å². The summed E-state index contributed by atoms with van der Waals surface area (Å²) in [6.45, 7) is 7.49. The van der Waals surface area contributed by atoms with Crippen LogP contribution in [0.1, 0.15) is 13.8 Å². The molecule has 3 aromatic rings. The second-order valence-electron chi connectivity index (χ2n) is 6.96. The highest BCUT2D eigenvalue weighted by atomic mass is 35.5. The van der Waals surface area contributed by atoms with Crippen LogP contribution in [0.3, 0.4) is 0 Å². The molecule has 30 heavy (non-hydrogen) atoms. The molecule has 158 valence electrons. The van der Waals surface area contributed by atoms with E-state index in [9.17, 15) is 4.79 Å². The fourth-order valence-electron chi connectivity index (χ4n) is 3.42. The molecule has 1 atom stereocenters. The smallest absolute Gasteiger partial charge is 0.273 e. The predicted octanol–water partition coefficient (Wildman–Crippen LogP) is 4.46. The van der Waals surface area contributed by atoms with Crippen molar-refractivity contribution in [3.8, 4) is 11.5 Å². The number of hydrogen-bond acceptors (Lipinski definition) is 6. The van der Waals surface area contributed by atoms with Gasteiger partial charge in [0.15, 0.2) is 16.6 Å². The number of fused-ring (bicyclic) bond motifs is 2. The van der Waals surface area contributed by atoms with Crippen molar-refractivity contribution in [3.05, 3.63) is 47.5 Å². The number of likely N-dealkylation sites (N-methyl/N-ethyl adjacent to an activating group) is 1. The summed E-state index contributed by atoms with van der Waals surface area (Å²) in [5, 5.41) is 1.20. The highest BCUT2D eigenvalue weighted by molar-refractivity contribution is 7.22. The number of hydrogen-bond donors (Lipinski definition) is 0. The second kappa shape index (κ2) is 9.20. The lowest BCUT2D eigenvalue weighted by Crippen LogP contribution is -2.48. The van der Waals surface area contributed by atoms with Crippen molar-refractivity contribution in [2.75, 3.05) is 37.7 Å². The highest BCUT2D eigenvalue weighted by Gasteiger charge is 2.33. The van der Waals surface area contributed by atoms with Gasteiger partial charge in [0.1, 0.15) is 12.1 Å². The van der Waals surface area contributed by atoms with Gasteiger partial charge in [0.2, 0.25) is 6.10 Å². The lowest BCUT2D eigenvalue weighted by molar-refractivity contribution is -0.127. The zero-order valence-electron chi connectivity index (χ0n) is 17.0. The summed E-state index contributed by atoms with van der Waals surface area (Å²) in [4.78, 5) is 22.2. The Morgan fingerprint density at radius 2 is 1.90 bits per heavy atom. The quantitative estimate of drug-likeness (QED) is 0.537. The van der Waals surface area contributed by atoms with Crippen LogP contribution in [-0.2, 0) is 4.79 Å². The first-order valence-electron chi connectivity index (χ1n) is 10.1. The molecule has 2 heterocycles. The minimum Gasteiger partial charge on any atom is -0.485 e. The second-order valence-corrected chi connectivity index (χ2v) is 8.38. The summed E-state index contributed by atoms with van der Waals surface area (Å²) in [5.41, 5.74) is 0.714. The molecule has 1 aromatic heterocycles. The van der Waals surface area contributed by atoms with E-state index in [1.54, 1.807) is 4.90 Å². The Labute approximate surface area is 185 Å². The molecule has 0 fully saturated rings. The number of para-hydroxylation sites is 3. The third-order valence-corrected chi connectivity index (χ3v) is 6.52. The molecular formula is C22H24ClN3O3S. The summed E-state index contributed by atoms with van der Waals surface area (Å²) in [5.74, 6) is 1.08. The van der Waals surface area contributed by atoms with Crippen LogP contribution >= 0.6 is 22.9 Å². The molecule has 2 aromatic carbocycles. The molecule has 4 rings (SSSR count). The normalized spacial score (nSPS) is 15.5. The first-order chi connectivity index (χ1) is 14.6. The van der Waals surface area contributed by atoms with E-state index in [0.717, 1.165) is 24.3 Å². The van der Waals surface area contributed by atoms with Crippen molar-refractivity contribution in [3.63, 3.8) is 0 Å². The minimum absolute atomic E-state index is 0.160. The number of benzene rings is 2. The average Bonchev–Trinajstić information content (AvgIpc) is 3.21. The van der Waals surface area contributed by atoms with Crippen LogP contribution < -0.4 is 14.4 Å². The molecule has 0 saturated heterocycles. The van der Waals surface area contributed by atoms with E-state index in [1.807, 2.05) is 42.5 Å². The van der Waals surface area contributed by atoms with Crippen LogP contribution in [0.15, 0.2) is 42.5 Å². The number of carbonyl (C=O) groups excluding carboxylic acids is 1. The first-order valence-corrected chi connectivity index (χ1v) is 11.3. The molecule has 0 spiro atoms. The summed E-state index contributed by atoms with van der Waals surface area (Å²) in [7, 11) is 0. The van der Waals surface area contributed by atoms with Crippen LogP contribution in [0.25, 0.3) is 10.2 Å². The molecule has 6 nitrogen and oxygen atoms in total. The Hall–Kier alpha value is -2.35. The van der Waals surface area contributed by atoms with E-state index in [1.165, 1.54) is 11.3 Å². The maximum Gasteiger partial charge on any atom is 0.273 e. The van der Waals surface area contributed by atoms with E-state index in [2.05, 4.69) is 23.7 Å². The molecule has 1 aliphatic rings. The maximum absolute atomic E-state index is 13.5. The van der Waals surface area contributed by atoms with Crippen molar-refractivity contribution in [2.24, 2.45) is 0 Å². The van der Waals surface area contributed by atoms with Crippen molar-refractivity contribution in [2.45, 2.75) is 20.0 Å². The number of ether oxygens (including phenoxy) is 2. The Morgan fingerprint density at radius 3 is 2.63 bits per heavy atom. The van der Waals surface area contributed by atoms with Gasteiger partial charge in [-0.3, -0.25) is 9.69 Å². The third-order valence-electron chi connectivity index (χ3n) is 5.17. The van der Waals surface area contributed by atoms with E-state index < -0.39 is 6.10 Å². The van der Waals surface area contributed by atoms with E-state index in [-0.39, 0.29) is 12.5 Å². The van der Waals surface area contributed by atoms with Gasteiger partial charge in [0.05, 0.1) is 9.72 Å². The van der Waals surface area contributed by atoms with Crippen LogP contribution in [0, 0.1) is 0 Å². The summed E-state index contributed by atoms with van der Waals surface area (Å²) < 4.78 is 12.7. The number of nitrogens with zero attached hydrogens (tertiary/aromatic N) is 3. The van der Waals surface area contributed by atoms with E-state index in [0.29, 0.717) is 33.7 Å². The first kappa shape index (κ1) is 20.9. The maximum atomic E-state index is 13.5. The van der Waals surface area contributed by atoms with Gasteiger partial charge >= 0.3 is 0 Å². The van der Waals surface area contributed by atoms with Gasteiger partial charge in [-0.05, 0) is 37.4 Å². The molecule has 0 bridgehead atoms. The largest absolute Gasteiger partial charge is 0.485 e. The van der Waals surface area contributed by atoms with Gasteiger partial charge in [0, 0.05) is 13.1 Å². The topological polar surface area (TPSA) is 54.9 Å². The molecule has 0 aliphatic carbocycles. The Balaban J connectivity index is 1.62. The molecule has 1 amide bonds. The molecular weight excluding hydrogens is 422 g/mol. The molecule has 0 radical (unpaired) electrons. The van der Waals surface area contributed by atoms with Crippen molar-refractivity contribution >= 4 is 44.2 Å². The standard InChI is InChI=1S/C22H24ClN3O3S/c1-3-25(4-2)12-13-26(22-24-20-15(23)8-7-11-19(20)30-22)21(27)18-14-28-16-9-5-6-10-17(16)29-18/h5-11,18H,3-4,12-14H2,1-2H3. The molecule has 1 unspecified atom stereocenters. The number of rotatable bonds is 7. The number of amides is 1. The SMILES string of the molecule is CCN(CC)CCN(C(=O)C1COc2ccccc2O1)c1nc2c(Cl)cccc2s1. The monoisotopic (exact) mass is 445 g/mol. The van der Waals surface area contributed by atoms with E-state index in [4.69, 9.17) is 21.1 Å². The van der Waals surface area contributed by atoms with Crippen molar-refractivity contribution in [1.29, 1.82) is 0 Å².